The van der Waals surface area contributed by atoms with E-state index in [2.05, 4.69) is 44.0 Å². The van der Waals surface area contributed by atoms with Gasteiger partial charge in [0.1, 0.15) is 5.75 Å². The minimum absolute atomic E-state index is 0.159. The third-order valence-electron chi connectivity index (χ3n) is 10.7. The summed E-state index contributed by atoms with van der Waals surface area (Å²) in [5.74, 6) is 1.76. The molecule has 0 spiro atoms. The summed E-state index contributed by atoms with van der Waals surface area (Å²) in [4.78, 5) is 7.45. The van der Waals surface area contributed by atoms with Gasteiger partial charge in [0.2, 0.25) is 10.0 Å². The van der Waals surface area contributed by atoms with E-state index in [1.54, 1.807) is 19.2 Å². The van der Waals surface area contributed by atoms with Gasteiger partial charge in [-0.25, -0.2) is 13.1 Å². The van der Waals surface area contributed by atoms with Crippen LogP contribution >= 0.6 is 12.2 Å². The van der Waals surface area contributed by atoms with Gasteiger partial charge in [-0.2, -0.15) is 0 Å². The van der Waals surface area contributed by atoms with Crippen molar-refractivity contribution in [2.75, 3.05) is 20.2 Å². The zero-order valence-electron chi connectivity index (χ0n) is 29.5. The lowest BCUT2D eigenvalue weighted by molar-refractivity contribution is 0.00426. The van der Waals surface area contributed by atoms with E-state index in [0.29, 0.717) is 16.9 Å². The fourth-order valence-corrected chi connectivity index (χ4v) is 9.43. The number of nitrogens with one attached hydrogen (secondary N) is 3. The van der Waals surface area contributed by atoms with E-state index in [1.165, 1.54) is 0 Å². The van der Waals surface area contributed by atoms with Crippen LogP contribution in [-0.2, 0) is 10.0 Å². The van der Waals surface area contributed by atoms with Crippen molar-refractivity contribution in [3.05, 3.63) is 150 Å². The summed E-state index contributed by atoms with van der Waals surface area (Å²) in [6, 6.07) is 33.1. The molecule has 1 unspecified atom stereocenters. The predicted molar refractivity (Wildman–Crippen MR) is 212 cm³/mol. The summed E-state index contributed by atoms with van der Waals surface area (Å²) in [5.41, 5.74) is 4.63. The van der Waals surface area contributed by atoms with Crippen LogP contribution in [0.1, 0.15) is 53.2 Å². The van der Waals surface area contributed by atoms with E-state index < -0.39 is 22.1 Å². The van der Waals surface area contributed by atoms with Gasteiger partial charge in [0, 0.05) is 24.2 Å². The Hall–Kier alpha value is -4.61. The van der Waals surface area contributed by atoms with E-state index in [4.69, 9.17) is 17.0 Å². The van der Waals surface area contributed by atoms with Crippen LogP contribution < -0.4 is 20.1 Å². The number of methoxy groups -OCH3 is 1. The van der Waals surface area contributed by atoms with Gasteiger partial charge < -0.3 is 15.4 Å². The number of nitrogens with zero attached hydrogens (tertiary/aromatic N) is 2. The largest absolute Gasteiger partial charge is 0.497 e. The molecule has 0 amide bonds. The van der Waals surface area contributed by atoms with Crippen LogP contribution in [0.25, 0.3) is 10.9 Å². The molecular formula is C42H45N5O3S2. The molecule has 4 heterocycles. The van der Waals surface area contributed by atoms with Gasteiger partial charge in [0.25, 0.3) is 0 Å². The van der Waals surface area contributed by atoms with Gasteiger partial charge >= 0.3 is 0 Å². The number of hydrogen-bond acceptors (Lipinski definition) is 6. The summed E-state index contributed by atoms with van der Waals surface area (Å²) >= 11 is 6.22. The first-order chi connectivity index (χ1) is 25.2. The first kappa shape index (κ1) is 35.8. The minimum atomic E-state index is -3.93. The summed E-state index contributed by atoms with van der Waals surface area (Å²) in [5, 5.41) is 8.79. The van der Waals surface area contributed by atoms with Gasteiger partial charge in [-0.15, -0.1) is 6.58 Å². The van der Waals surface area contributed by atoms with E-state index in [-0.39, 0.29) is 17.0 Å². The van der Waals surface area contributed by atoms with Crippen molar-refractivity contribution in [2.45, 2.75) is 48.8 Å². The Bertz CT molecular complexity index is 2130. The van der Waals surface area contributed by atoms with Crippen LogP contribution in [0.3, 0.4) is 0 Å². The third-order valence-corrected chi connectivity index (χ3v) is 12.4. The molecule has 8 rings (SSSR count). The summed E-state index contributed by atoms with van der Waals surface area (Å²) in [7, 11) is -2.25. The van der Waals surface area contributed by atoms with Gasteiger partial charge in [0.05, 0.1) is 35.6 Å². The average Bonchev–Trinajstić information content (AvgIpc) is 3.18. The molecule has 5 aromatic rings. The number of aromatic nitrogens is 1. The zero-order chi connectivity index (χ0) is 36.2. The molecule has 10 heteroatoms. The molecule has 0 aliphatic carbocycles. The molecule has 4 aromatic carbocycles. The van der Waals surface area contributed by atoms with Crippen molar-refractivity contribution >= 4 is 38.3 Å². The van der Waals surface area contributed by atoms with Crippen molar-refractivity contribution in [1.29, 1.82) is 0 Å². The second-order valence-electron chi connectivity index (χ2n) is 13.8. The molecule has 3 aliphatic rings. The number of thiocarbonyl (C=S) groups is 1. The zero-order valence-corrected chi connectivity index (χ0v) is 31.1. The van der Waals surface area contributed by atoms with E-state index in [0.717, 1.165) is 64.8 Å². The molecule has 0 radical (unpaired) electrons. The third kappa shape index (κ3) is 7.61. The number of hydrogen-bond donors (Lipinski definition) is 3. The Labute approximate surface area is 312 Å². The highest BCUT2D eigenvalue weighted by Gasteiger charge is 2.43. The molecule has 3 aliphatic heterocycles. The molecule has 3 saturated heterocycles. The highest BCUT2D eigenvalue weighted by molar-refractivity contribution is 7.89. The van der Waals surface area contributed by atoms with Crippen LogP contribution in [-0.4, -0.2) is 49.7 Å². The topological polar surface area (TPSA) is 95.6 Å². The number of pyridine rings is 1. The van der Waals surface area contributed by atoms with Gasteiger partial charge in [0.15, 0.2) is 5.11 Å². The number of fused-ring (bicyclic) bond motifs is 4. The fraction of sp³-hybridized carbons (Fsp3) is 0.286. The Morgan fingerprint density at radius 3 is 2.27 bits per heavy atom. The maximum absolute atomic E-state index is 14.0. The van der Waals surface area contributed by atoms with Crippen molar-refractivity contribution < 1.29 is 13.2 Å². The van der Waals surface area contributed by atoms with Crippen LogP contribution in [0.2, 0.25) is 0 Å². The number of ether oxygens (including phenoxy) is 1. The monoisotopic (exact) mass is 731 g/mol. The SMILES string of the molecule is C=C[C@H]1CN2CC[C@H]1C[C@@H]2[C@@H](NC(=S)N[C@H](c1ccccc1)[C@H](NS(=O)(=O)c1ccc(C)cc1)c1ccccc1)c1ccnc2ccc(OC)cc12. The highest BCUT2D eigenvalue weighted by atomic mass is 32.2. The second-order valence-corrected chi connectivity index (χ2v) is 16.0. The molecule has 3 N–H and O–H groups in total. The maximum atomic E-state index is 14.0. The van der Waals surface area contributed by atoms with Crippen LogP contribution in [0, 0.1) is 18.8 Å². The predicted octanol–water partition coefficient (Wildman–Crippen LogP) is 7.41. The molecule has 2 bridgehead atoms. The smallest absolute Gasteiger partial charge is 0.241 e. The number of sulfonamides is 1. The quantitative estimate of drug-likeness (QED) is 0.0903. The van der Waals surface area contributed by atoms with E-state index >= 15 is 0 Å². The maximum Gasteiger partial charge on any atom is 0.241 e. The van der Waals surface area contributed by atoms with Crippen molar-refractivity contribution in [3.8, 4) is 5.75 Å². The minimum Gasteiger partial charge on any atom is -0.497 e. The molecular weight excluding hydrogens is 687 g/mol. The van der Waals surface area contributed by atoms with E-state index in [1.807, 2.05) is 104 Å². The van der Waals surface area contributed by atoms with Crippen molar-refractivity contribution in [3.63, 3.8) is 0 Å². The lowest BCUT2D eigenvalue weighted by Gasteiger charge is -2.52. The number of benzene rings is 4. The number of piperidine rings is 3. The average molecular weight is 732 g/mol. The summed E-state index contributed by atoms with van der Waals surface area (Å²) in [6.45, 7) is 8.04. The van der Waals surface area contributed by atoms with Crippen LogP contribution in [0.15, 0.2) is 133 Å². The molecule has 3 fully saturated rings. The van der Waals surface area contributed by atoms with Gasteiger partial charge in [-0.3, -0.25) is 9.88 Å². The molecule has 268 valence electrons. The first-order valence-electron chi connectivity index (χ1n) is 17.8. The van der Waals surface area contributed by atoms with Crippen molar-refractivity contribution in [2.24, 2.45) is 11.8 Å². The normalized spacial score (nSPS) is 21.5. The summed E-state index contributed by atoms with van der Waals surface area (Å²) in [6.07, 6.45) is 6.11. The molecule has 0 saturated carbocycles. The van der Waals surface area contributed by atoms with Gasteiger partial charge in [-0.1, -0.05) is 84.4 Å². The lowest BCUT2D eigenvalue weighted by atomic mass is 9.73. The lowest BCUT2D eigenvalue weighted by Crippen LogP contribution is -2.58. The second kappa shape index (κ2) is 15.6. The van der Waals surface area contributed by atoms with E-state index in [9.17, 15) is 8.42 Å². The van der Waals surface area contributed by atoms with Crippen LogP contribution in [0.4, 0.5) is 0 Å². The Morgan fingerprint density at radius 2 is 1.63 bits per heavy atom. The number of rotatable bonds is 12. The number of aryl methyl sites for hydroxylation is 1. The van der Waals surface area contributed by atoms with Crippen molar-refractivity contribution in [1.82, 2.24) is 25.2 Å². The Balaban J connectivity index is 1.27. The summed E-state index contributed by atoms with van der Waals surface area (Å²) < 4.78 is 36.7. The van der Waals surface area contributed by atoms with Crippen LogP contribution in [0.5, 0.6) is 5.75 Å². The first-order valence-corrected chi connectivity index (χ1v) is 19.7. The highest BCUT2D eigenvalue weighted by Crippen LogP contribution is 2.42. The standard InChI is InChI=1S/C42H45N5O3S2/c1-4-29-27-47-24-22-32(29)25-38(47)41(35-21-23-43-37-20-17-33(50-3)26-36(35)37)45-42(51)44-39(30-11-7-5-8-12-30)40(31-13-9-6-10-14-31)46-52(48,49)34-18-15-28(2)16-19-34/h4-21,23,26,29,32,38-41,46H,1,22,24-25,27H2,2-3H3,(H2,44,45,51)/t29-,32-,38+,39+,40+,41-/m0/s1. The molecule has 1 aromatic heterocycles. The molecule has 7 atom stereocenters. The Kier molecular flexibility index (Phi) is 10.7. The fourth-order valence-electron chi connectivity index (χ4n) is 7.94. The Morgan fingerprint density at radius 1 is 0.942 bits per heavy atom. The van der Waals surface area contributed by atoms with Gasteiger partial charge in [-0.05, 0) is 103 Å². The molecule has 8 nitrogen and oxygen atoms in total. The molecule has 52 heavy (non-hydrogen) atoms.